The molecule has 0 saturated carbocycles. The van der Waals surface area contributed by atoms with Crippen molar-refractivity contribution in [2.75, 3.05) is 4.90 Å². The summed E-state index contributed by atoms with van der Waals surface area (Å²) in [6, 6.07) is 58.0. The number of fused-ring (bicyclic) bond motifs is 4. The van der Waals surface area contributed by atoms with Crippen molar-refractivity contribution in [2.45, 2.75) is 0 Å². The second kappa shape index (κ2) is 10.1. The van der Waals surface area contributed by atoms with Crippen LogP contribution < -0.4 is 4.90 Å². The maximum absolute atomic E-state index is 6.35. The smallest absolute Gasteiger partial charge is 0.136 e. The van der Waals surface area contributed by atoms with Crippen LogP contribution >= 0.6 is 0 Å². The summed E-state index contributed by atoms with van der Waals surface area (Å²) in [4.78, 5) is 2.38. The van der Waals surface area contributed by atoms with Crippen LogP contribution in [0.2, 0.25) is 0 Å². The van der Waals surface area contributed by atoms with E-state index in [0.717, 1.165) is 44.4 Å². The Kier molecular flexibility index (Phi) is 5.82. The van der Waals surface area contributed by atoms with Gasteiger partial charge in [-0.1, -0.05) is 121 Å². The van der Waals surface area contributed by atoms with Gasteiger partial charge in [0.05, 0.1) is 11.4 Å². The van der Waals surface area contributed by atoms with Gasteiger partial charge in [0.2, 0.25) is 0 Å². The van der Waals surface area contributed by atoms with Crippen molar-refractivity contribution in [3.8, 4) is 22.3 Å². The van der Waals surface area contributed by atoms with E-state index in [1.54, 1.807) is 0 Å². The van der Waals surface area contributed by atoms with Crippen molar-refractivity contribution in [1.29, 1.82) is 0 Å². The van der Waals surface area contributed by atoms with Crippen LogP contribution in [0.15, 0.2) is 168 Å². The van der Waals surface area contributed by atoms with Gasteiger partial charge in [-0.25, -0.2) is 0 Å². The first-order valence-corrected chi connectivity index (χ1v) is 14.3. The van der Waals surface area contributed by atoms with E-state index in [2.05, 4.69) is 157 Å². The number of nitrogens with zero attached hydrogens (tertiary/aromatic N) is 1. The highest BCUT2D eigenvalue weighted by Crippen LogP contribution is 2.45. The molecule has 0 saturated heterocycles. The Morgan fingerprint density at radius 2 is 1.02 bits per heavy atom. The zero-order valence-electron chi connectivity index (χ0n) is 22.9. The van der Waals surface area contributed by atoms with Crippen molar-refractivity contribution in [2.24, 2.45) is 0 Å². The molecular formula is C40H27NO. The molecule has 8 aromatic rings. The lowest BCUT2D eigenvalue weighted by molar-refractivity contribution is 0.669. The largest absolute Gasteiger partial charge is 0.456 e. The SMILES string of the molecule is c1ccc(-c2ccc(N(c3ccccc3-c3ccccc3)c3cccc4cc5c(cc34)oc3ccccc35)cc2)cc1. The third-order valence-corrected chi connectivity index (χ3v) is 8.06. The van der Waals surface area contributed by atoms with E-state index in [0.29, 0.717) is 0 Å². The fraction of sp³-hybridized carbons (Fsp3) is 0. The Labute approximate surface area is 244 Å². The van der Waals surface area contributed by atoms with Crippen LogP contribution in [-0.2, 0) is 0 Å². The summed E-state index contributed by atoms with van der Waals surface area (Å²) in [5.74, 6) is 0. The Balaban J connectivity index is 1.37. The second-order valence-electron chi connectivity index (χ2n) is 10.6. The standard InChI is InChI=1S/C40H27NO/c1-3-12-28(13-4-1)29-22-24-32(25-23-29)41(37-19-9-7-17-33(37)30-14-5-2-6-15-30)38-20-11-16-31-26-36-34-18-8-10-21-39(34)42-40(36)27-35(31)38/h1-27H. The quantitative estimate of drug-likeness (QED) is 0.217. The molecule has 0 atom stereocenters. The van der Waals surface area contributed by atoms with Gasteiger partial charge in [0, 0.05) is 27.4 Å². The molecule has 1 heterocycles. The van der Waals surface area contributed by atoms with Crippen molar-refractivity contribution < 1.29 is 4.42 Å². The van der Waals surface area contributed by atoms with Crippen LogP contribution in [0.4, 0.5) is 17.1 Å². The van der Waals surface area contributed by atoms with Gasteiger partial charge < -0.3 is 9.32 Å². The molecule has 1 aromatic heterocycles. The fourth-order valence-electron chi connectivity index (χ4n) is 6.05. The zero-order valence-corrected chi connectivity index (χ0v) is 22.9. The lowest BCUT2D eigenvalue weighted by Crippen LogP contribution is -2.11. The summed E-state index contributed by atoms with van der Waals surface area (Å²) in [7, 11) is 0. The third-order valence-electron chi connectivity index (χ3n) is 8.06. The zero-order chi connectivity index (χ0) is 27.9. The molecule has 0 fully saturated rings. The number of benzene rings is 7. The predicted molar refractivity (Wildman–Crippen MR) is 177 cm³/mol. The Morgan fingerprint density at radius 1 is 0.381 bits per heavy atom. The van der Waals surface area contributed by atoms with Gasteiger partial charge in [0.15, 0.2) is 0 Å². The van der Waals surface area contributed by atoms with E-state index in [1.165, 1.54) is 27.6 Å². The lowest BCUT2D eigenvalue weighted by Gasteiger charge is -2.29. The summed E-state index contributed by atoms with van der Waals surface area (Å²) in [6.07, 6.45) is 0. The highest BCUT2D eigenvalue weighted by molar-refractivity contribution is 6.13. The number of furan rings is 1. The van der Waals surface area contributed by atoms with Crippen molar-refractivity contribution in [3.63, 3.8) is 0 Å². The van der Waals surface area contributed by atoms with Crippen LogP contribution in [-0.4, -0.2) is 0 Å². The van der Waals surface area contributed by atoms with E-state index >= 15 is 0 Å². The van der Waals surface area contributed by atoms with Crippen LogP contribution in [0.1, 0.15) is 0 Å². The van der Waals surface area contributed by atoms with Gasteiger partial charge in [0.1, 0.15) is 11.2 Å². The van der Waals surface area contributed by atoms with Gasteiger partial charge in [0.25, 0.3) is 0 Å². The third kappa shape index (κ3) is 4.13. The van der Waals surface area contributed by atoms with E-state index in [-0.39, 0.29) is 0 Å². The van der Waals surface area contributed by atoms with E-state index in [9.17, 15) is 0 Å². The molecule has 0 aliphatic heterocycles. The number of rotatable bonds is 5. The molecule has 0 spiro atoms. The summed E-state index contributed by atoms with van der Waals surface area (Å²) in [5, 5.41) is 4.59. The minimum atomic E-state index is 0.895. The van der Waals surface area contributed by atoms with Gasteiger partial charge in [-0.2, -0.15) is 0 Å². The summed E-state index contributed by atoms with van der Waals surface area (Å²) in [5.41, 5.74) is 9.87. The normalized spacial score (nSPS) is 11.3. The first-order chi connectivity index (χ1) is 20.8. The minimum Gasteiger partial charge on any atom is -0.456 e. The van der Waals surface area contributed by atoms with Gasteiger partial charge in [-0.05, 0) is 64.5 Å². The minimum absolute atomic E-state index is 0.895. The lowest BCUT2D eigenvalue weighted by atomic mass is 9.99. The van der Waals surface area contributed by atoms with Crippen LogP contribution in [0.5, 0.6) is 0 Å². The summed E-state index contributed by atoms with van der Waals surface area (Å²) < 4.78 is 6.35. The monoisotopic (exact) mass is 537 g/mol. The molecule has 2 nitrogen and oxygen atoms in total. The molecule has 198 valence electrons. The summed E-state index contributed by atoms with van der Waals surface area (Å²) in [6.45, 7) is 0. The van der Waals surface area contributed by atoms with Crippen LogP contribution in [0.25, 0.3) is 55.0 Å². The van der Waals surface area contributed by atoms with E-state index in [1.807, 2.05) is 12.1 Å². The van der Waals surface area contributed by atoms with Gasteiger partial charge in [-0.15, -0.1) is 0 Å². The molecular weight excluding hydrogens is 510 g/mol. The summed E-state index contributed by atoms with van der Waals surface area (Å²) >= 11 is 0. The van der Waals surface area contributed by atoms with Crippen molar-refractivity contribution >= 4 is 49.8 Å². The van der Waals surface area contributed by atoms with Crippen molar-refractivity contribution in [1.82, 2.24) is 0 Å². The number of hydrogen-bond acceptors (Lipinski definition) is 2. The average Bonchev–Trinajstić information content (AvgIpc) is 3.43. The molecule has 0 radical (unpaired) electrons. The Hall–Kier alpha value is -5.60. The maximum Gasteiger partial charge on any atom is 0.136 e. The molecule has 0 aliphatic carbocycles. The Bertz CT molecular complexity index is 2180. The number of hydrogen-bond donors (Lipinski definition) is 0. The first kappa shape index (κ1) is 24.2. The average molecular weight is 538 g/mol. The van der Waals surface area contributed by atoms with E-state index < -0.39 is 0 Å². The van der Waals surface area contributed by atoms with Gasteiger partial charge >= 0.3 is 0 Å². The highest BCUT2D eigenvalue weighted by atomic mass is 16.3. The van der Waals surface area contributed by atoms with Crippen LogP contribution in [0, 0.1) is 0 Å². The Morgan fingerprint density at radius 3 is 1.83 bits per heavy atom. The topological polar surface area (TPSA) is 16.4 Å². The van der Waals surface area contributed by atoms with E-state index in [4.69, 9.17) is 4.42 Å². The molecule has 0 N–H and O–H groups in total. The maximum atomic E-state index is 6.35. The predicted octanol–water partition coefficient (Wildman–Crippen LogP) is 11.5. The second-order valence-corrected chi connectivity index (χ2v) is 10.6. The molecule has 0 amide bonds. The van der Waals surface area contributed by atoms with Crippen molar-refractivity contribution in [3.05, 3.63) is 164 Å². The molecule has 0 unspecified atom stereocenters. The fourth-order valence-corrected chi connectivity index (χ4v) is 6.05. The molecule has 2 heteroatoms. The molecule has 7 aromatic carbocycles. The molecule has 8 rings (SSSR count). The van der Waals surface area contributed by atoms with Crippen LogP contribution in [0.3, 0.4) is 0 Å². The highest BCUT2D eigenvalue weighted by Gasteiger charge is 2.20. The molecule has 0 aliphatic rings. The number of anilines is 3. The number of para-hydroxylation sites is 2. The molecule has 0 bridgehead atoms. The molecule has 42 heavy (non-hydrogen) atoms. The van der Waals surface area contributed by atoms with Gasteiger partial charge in [-0.3, -0.25) is 0 Å². The first-order valence-electron chi connectivity index (χ1n) is 14.3.